The van der Waals surface area contributed by atoms with E-state index in [0.717, 1.165) is 11.1 Å². The Morgan fingerprint density at radius 1 is 0.810 bits per heavy atom. The third kappa shape index (κ3) is 11.1. The number of hydrogen-bond acceptors (Lipinski definition) is 0. The molecular formula is C20H20Zr+2. The average molecular weight is 352 g/mol. The Morgan fingerprint density at radius 2 is 1.24 bits per heavy atom. The van der Waals surface area contributed by atoms with Crippen LogP contribution in [0.3, 0.4) is 0 Å². The van der Waals surface area contributed by atoms with Gasteiger partial charge in [-0.1, -0.05) is 0 Å². The average Bonchev–Trinajstić information content (AvgIpc) is 3.24. The Bertz CT molecular complexity index is 320. The van der Waals surface area contributed by atoms with Gasteiger partial charge >= 0.3 is 26.2 Å². The van der Waals surface area contributed by atoms with E-state index in [1.807, 2.05) is 102 Å². The third-order valence-corrected chi connectivity index (χ3v) is 2.60. The van der Waals surface area contributed by atoms with Gasteiger partial charge in [-0.2, -0.15) is 12.1 Å². The first-order valence-electron chi connectivity index (χ1n) is 6.66. The van der Waals surface area contributed by atoms with Crippen molar-refractivity contribution in [1.29, 1.82) is 0 Å². The maximum absolute atomic E-state index is 3.12. The van der Waals surface area contributed by atoms with Crippen molar-refractivity contribution < 1.29 is 26.2 Å². The first kappa shape index (κ1) is 20.8. The monoisotopic (exact) mass is 350 g/mol. The maximum atomic E-state index is 3.12. The van der Waals surface area contributed by atoms with Crippen molar-refractivity contribution in [3.63, 3.8) is 0 Å². The van der Waals surface area contributed by atoms with Crippen molar-refractivity contribution in [3.05, 3.63) is 106 Å². The summed E-state index contributed by atoms with van der Waals surface area (Å²) in [6.45, 7) is 3.95. The molecule has 0 nitrogen and oxygen atoms in total. The molecule has 0 bridgehead atoms. The molecule has 0 amide bonds. The van der Waals surface area contributed by atoms with Crippen LogP contribution in [0.25, 0.3) is 5.57 Å². The summed E-state index contributed by atoms with van der Waals surface area (Å²) in [7, 11) is 0. The van der Waals surface area contributed by atoms with E-state index < -0.39 is 0 Å². The SMILES string of the molecule is C[C-]=C(C)c1[c-]cccc1.[CH]1[CH][CH][CH][CH]1.[CH]1[CH][CH][CH][CH]1.[Zr+4]. The second kappa shape index (κ2) is 14.8. The molecule has 21 heavy (non-hydrogen) atoms. The summed E-state index contributed by atoms with van der Waals surface area (Å²) in [5.41, 5.74) is 2.28. The van der Waals surface area contributed by atoms with E-state index in [1.165, 1.54) is 0 Å². The Labute approximate surface area is 151 Å². The van der Waals surface area contributed by atoms with Gasteiger partial charge in [0.05, 0.1) is 0 Å². The van der Waals surface area contributed by atoms with Crippen LogP contribution in [0.5, 0.6) is 0 Å². The van der Waals surface area contributed by atoms with Crippen molar-refractivity contribution in [3.8, 4) is 0 Å². The van der Waals surface area contributed by atoms with E-state index in [0.29, 0.717) is 0 Å². The van der Waals surface area contributed by atoms with Crippen LogP contribution in [0, 0.1) is 76.4 Å². The van der Waals surface area contributed by atoms with Crippen molar-refractivity contribution in [2.24, 2.45) is 0 Å². The van der Waals surface area contributed by atoms with Crippen molar-refractivity contribution >= 4 is 5.57 Å². The molecule has 0 saturated heterocycles. The zero-order valence-electron chi connectivity index (χ0n) is 12.6. The van der Waals surface area contributed by atoms with Crippen LogP contribution in [0.15, 0.2) is 24.3 Å². The normalized spacial score (nSPS) is 17.0. The summed E-state index contributed by atoms with van der Waals surface area (Å²) in [5, 5.41) is 0. The maximum Gasteiger partial charge on any atom is 4.00 e. The van der Waals surface area contributed by atoms with E-state index in [1.54, 1.807) is 0 Å². The van der Waals surface area contributed by atoms with Gasteiger partial charge in [0, 0.05) is 0 Å². The molecule has 2 saturated carbocycles. The van der Waals surface area contributed by atoms with E-state index in [-0.39, 0.29) is 26.2 Å². The molecule has 3 rings (SSSR count). The summed E-state index contributed by atoms with van der Waals surface area (Å²) in [6, 6.07) is 11.0. The van der Waals surface area contributed by atoms with Crippen LogP contribution in [-0.4, -0.2) is 0 Å². The second-order valence-corrected chi connectivity index (χ2v) is 4.08. The number of hydrogen-bond donors (Lipinski definition) is 0. The largest absolute Gasteiger partial charge is 4.00 e. The van der Waals surface area contributed by atoms with Crippen LogP contribution >= 0.6 is 0 Å². The molecule has 1 aromatic carbocycles. The van der Waals surface area contributed by atoms with Crippen LogP contribution < -0.4 is 0 Å². The van der Waals surface area contributed by atoms with Crippen LogP contribution in [-0.2, 0) is 26.2 Å². The molecule has 0 unspecified atom stereocenters. The summed E-state index contributed by atoms with van der Waals surface area (Å²) >= 11 is 0. The Morgan fingerprint density at radius 3 is 1.52 bits per heavy atom. The first-order valence-corrected chi connectivity index (χ1v) is 6.66. The van der Waals surface area contributed by atoms with E-state index >= 15 is 0 Å². The van der Waals surface area contributed by atoms with Crippen LogP contribution in [0.2, 0.25) is 0 Å². The number of allylic oxidation sites excluding steroid dienone is 2. The summed E-state index contributed by atoms with van der Waals surface area (Å²) in [6.07, 6.45) is 23.1. The smallest absolute Gasteiger partial charge is 0.327 e. The summed E-state index contributed by atoms with van der Waals surface area (Å²) in [5.74, 6) is 0. The van der Waals surface area contributed by atoms with Crippen molar-refractivity contribution in [1.82, 2.24) is 0 Å². The van der Waals surface area contributed by atoms with Crippen LogP contribution in [0.4, 0.5) is 0 Å². The fourth-order valence-electron chi connectivity index (χ4n) is 1.40. The fourth-order valence-corrected chi connectivity index (χ4v) is 1.40. The van der Waals surface area contributed by atoms with Gasteiger partial charge in [0.25, 0.3) is 0 Å². The third-order valence-electron chi connectivity index (χ3n) is 2.60. The predicted molar refractivity (Wildman–Crippen MR) is 86.3 cm³/mol. The standard InChI is InChI=1S/C10H10.2C5H5.Zr/c1-3-9(2)10-7-5-4-6-8-10;2*1-2-4-5-3-1;/h4-7H,1-2H3;2*1-5H;/q-2;;;+4. The quantitative estimate of drug-likeness (QED) is 0.640. The minimum Gasteiger partial charge on any atom is -0.327 e. The predicted octanol–water partition coefficient (Wildman–Crippen LogP) is 4.75. The van der Waals surface area contributed by atoms with Gasteiger partial charge in [-0.05, 0) is 64.2 Å². The molecule has 102 valence electrons. The molecule has 0 atom stereocenters. The molecule has 0 heterocycles. The molecule has 10 radical (unpaired) electrons. The van der Waals surface area contributed by atoms with Gasteiger partial charge in [-0.25, -0.2) is 12.1 Å². The Balaban J connectivity index is 0.000000307. The Kier molecular flexibility index (Phi) is 14.7. The van der Waals surface area contributed by atoms with E-state index in [9.17, 15) is 0 Å². The van der Waals surface area contributed by atoms with E-state index in [4.69, 9.17) is 0 Å². The molecule has 1 heteroatoms. The minimum atomic E-state index is 0. The molecule has 2 fully saturated rings. The summed E-state index contributed by atoms with van der Waals surface area (Å²) < 4.78 is 0. The zero-order valence-corrected chi connectivity index (χ0v) is 15.0. The molecule has 0 aliphatic heterocycles. The molecular weight excluding hydrogens is 331 g/mol. The van der Waals surface area contributed by atoms with E-state index in [2.05, 4.69) is 12.1 Å². The van der Waals surface area contributed by atoms with Crippen molar-refractivity contribution in [2.45, 2.75) is 13.8 Å². The number of rotatable bonds is 1. The summed E-state index contributed by atoms with van der Waals surface area (Å²) in [4.78, 5) is 0. The molecule has 1 aromatic rings. The first-order chi connectivity index (χ1) is 9.84. The van der Waals surface area contributed by atoms with Gasteiger partial charge in [0.1, 0.15) is 0 Å². The van der Waals surface area contributed by atoms with Gasteiger partial charge < -0.3 is 17.2 Å². The minimum absolute atomic E-state index is 0. The molecule has 0 N–H and O–H groups in total. The van der Waals surface area contributed by atoms with Gasteiger partial charge in [-0.3, -0.25) is 0 Å². The van der Waals surface area contributed by atoms with Gasteiger partial charge in [0.2, 0.25) is 0 Å². The molecule has 0 aromatic heterocycles. The molecule has 2 aliphatic carbocycles. The van der Waals surface area contributed by atoms with Crippen molar-refractivity contribution in [2.75, 3.05) is 0 Å². The van der Waals surface area contributed by atoms with Gasteiger partial charge in [0.15, 0.2) is 0 Å². The second-order valence-electron chi connectivity index (χ2n) is 4.08. The fraction of sp³-hybridized carbons (Fsp3) is 0.100. The molecule has 0 spiro atoms. The topological polar surface area (TPSA) is 0 Å². The number of benzene rings is 1. The zero-order chi connectivity index (χ0) is 14.5. The van der Waals surface area contributed by atoms with Crippen LogP contribution in [0.1, 0.15) is 19.4 Å². The molecule has 2 aliphatic rings. The Hall–Kier alpha value is -0.157. The van der Waals surface area contributed by atoms with Gasteiger partial charge in [-0.15, -0.1) is 19.9 Å².